The number of rotatable bonds is 3. The fraction of sp³-hybridized carbons (Fsp3) is 0.438. The number of carbonyl (C=O) groups excluding carboxylic acids is 1. The SMILES string of the molecule is Cc1ccc2[nH]c3c(c2c1)CC(C(=O)NCCN)CC3. The van der Waals surface area contributed by atoms with Crippen LogP contribution in [-0.2, 0) is 17.6 Å². The first kappa shape index (κ1) is 13.2. The van der Waals surface area contributed by atoms with Crippen molar-refractivity contribution in [2.24, 2.45) is 11.7 Å². The summed E-state index contributed by atoms with van der Waals surface area (Å²) in [5.41, 5.74) is 10.5. The Morgan fingerprint density at radius 1 is 1.50 bits per heavy atom. The van der Waals surface area contributed by atoms with Crippen molar-refractivity contribution in [2.75, 3.05) is 13.1 Å². The second-order valence-corrected chi connectivity index (χ2v) is 5.65. The quantitative estimate of drug-likeness (QED) is 0.794. The summed E-state index contributed by atoms with van der Waals surface area (Å²) < 4.78 is 0. The topological polar surface area (TPSA) is 70.9 Å². The average Bonchev–Trinajstić information content (AvgIpc) is 2.82. The van der Waals surface area contributed by atoms with Crippen LogP contribution < -0.4 is 11.1 Å². The summed E-state index contributed by atoms with van der Waals surface area (Å²) in [5, 5.41) is 4.18. The molecular formula is C16H21N3O. The second kappa shape index (κ2) is 5.29. The van der Waals surface area contributed by atoms with Crippen LogP contribution in [0.5, 0.6) is 0 Å². The van der Waals surface area contributed by atoms with Gasteiger partial charge in [0.05, 0.1) is 0 Å². The molecule has 20 heavy (non-hydrogen) atoms. The molecule has 0 aliphatic heterocycles. The van der Waals surface area contributed by atoms with Crippen molar-refractivity contribution in [2.45, 2.75) is 26.2 Å². The highest BCUT2D eigenvalue weighted by molar-refractivity contribution is 5.87. The summed E-state index contributed by atoms with van der Waals surface area (Å²) in [5.74, 6) is 0.219. The second-order valence-electron chi connectivity index (χ2n) is 5.65. The minimum absolute atomic E-state index is 0.0774. The third kappa shape index (κ3) is 2.31. The van der Waals surface area contributed by atoms with Gasteiger partial charge in [0.25, 0.3) is 0 Å². The summed E-state index contributed by atoms with van der Waals surface area (Å²) in [6.07, 6.45) is 2.69. The van der Waals surface area contributed by atoms with E-state index in [9.17, 15) is 4.79 Å². The Labute approximate surface area is 118 Å². The van der Waals surface area contributed by atoms with E-state index in [0.717, 1.165) is 19.3 Å². The molecule has 4 N–H and O–H groups in total. The van der Waals surface area contributed by atoms with Gasteiger partial charge in [0, 0.05) is 35.6 Å². The van der Waals surface area contributed by atoms with Gasteiger partial charge in [-0.3, -0.25) is 4.79 Å². The summed E-state index contributed by atoms with van der Waals surface area (Å²) in [6, 6.07) is 6.47. The number of H-pyrrole nitrogens is 1. The predicted molar refractivity (Wildman–Crippen MR) is 80.6 cm³/mol. The first-order chi connectivity index (χ1) is 9.69. The molecule has 0 saturated heterocycles. The van der Waals surface area contributed by atoms with Crippen LogP contribution in [0.1, 0.15) is 23.2 Å². The van der Waals surface area contributed by atoms with Crippen LogP contribution in [0.2, 0.25) is 0 Å². The molecule has 0 spiro atoms. The fourth-order valence-electron chi connectivity index (χ4n) is 3.09. The Bertz CT molecular complexity index is 644. The van der Waals surface area contributed by atoms with Gasteiger partial charge in [0.2, 0.25) is 5.91 Å². The van der Waals surface area contributed by atoms with E-state index in [-0.39, 0.29) is 11.8 Å². The molecule has 106 valence electrons. The summed E-state index contributed by atoms with van der Waals surface area (Å²) in [4.78, 5) is 15.6. The Morgan fingerprint density at radius 2 is 2.35 bits per heavy atom. The number of carbonyl (C=O) groups is 1. The van der Waals surface area contributed by atoms with Gasteiger partial charge in [-0.1, -0.05) is 11.6 Å². The van der Waals surface area contributed by atoms with Gasteiger partial charge in [0.1, 0.15) is 0 Å². The van der Waals surface area contributed by atoms with E-state index in [0.29, 0.717) is 13.1 Å². The highest BCUT2D eigenvalue weighted by Gasteiger charge is 2.27. The minimum Gasteiger partial charge on any atom is -0.358 e. The van der Waals surface area contributed by atoms with Gasteiger partial charge in [-0.2, -0.15) is 0 Å². The number of nitrogens with one attached hydrogen (secondary N) is 2. The van der Waals surface area contributed by atoms with Gasteiger partial charge < -0.3 is 16.0 Å². The van der Waals surface area contributed by atoms with E-state index in [4.69, 9.17) is 5.73 Å². The average molecular weight is 271 g/mol. The van der Waals surface area contributed by atoms with Crippen LogP contribution >= 0.6 is 0 Å². The molecule has 1 aliphatic carbocycles. The number of hydrogen-bond acceptors (Lipinski definition) is 2. The molecule has 0 radical (unpaired) electrons. The number of aromatic nitrogens is 1. The zero-order chi connectivity index (χ0) is 14.1. The van der Waals surface area contributed by atoms with Crippen molar-refractivity contribution in [1.82, 2.24) is 10.3 Å². The lowest BCUT2D eigenvalue weighted by Crippen LogP contribution is -2.36. The minimum atomic E-state index is 0.0774. The monoisotopic (exact) mass is 271 g/mol. The molecule has 3 rings (SSSR count). The van der Waals surface area contributed by atoms with Crippen molar-refractivity contribution in [1.29, 1.82) is 0 Å². The van der Waals surface area contributed by atoms with Crippen LogP contribution in [0, 0.1) is 12.8 Å². The number of amides is 1. The molecule has 1 aromatic heterocycles. The highest BCUT2D eigenvalue weighted by Crippen LogP contribution is 2.32. The van der Waals surface area contributed by atoms with Gasteiger partial charge in [-0.15, -0.1) is 0 Å². The Morgan fingerprint density at radius 3 is 3.15 bits per heavy atom. The normalized spacial score (nSPS) is 18.0. The van der Waals surface area contributed by atoms with E-state index in [1.807, 2.05) is 0 Å². The van der Waals surface area contributed by atoms with Crippen molar-refractivity contribution in [3.63, 3.8) is 0 Å². The van der Waals surface area contributed by atoms with Gasteiger partial charge in [-0.05, 0) is 43.9 Å². The van der Waals surface area contributed by atoms with E-state index >= 15 is 0 Å². The fourth-order valence-corrected chi connectivity index (χ4v) is 3.09. The summed E-state index contributed by atoms with van der Waals surface area (Å²) in [6.45, 7) is 3.16. The van der Waals surface area contributed by atoms with E-state index in [2.05, 4.69) is 35.4 Å². The van der Waals surface area contributed by atoms with Crippen LogP contribution in [0.4, 0.5) is 0 Å². The molecule has 0 saturated carbocycles. The van der Waals surface area contributed by atoms with E-state index < -0.39 is 0 Å². The van der Waals surface area contributed by atoms with Crippen LogP contribution in [-0.4, -0.2) is 24.0 Å². The molecule has 1 unspecified atom stereocenters. The van der Waals surface area contributed by atoms with Crippen molar-refractivity contribution in [3.8, 4) is 0 Å². The van der Waals surface area contributed by atoms with Crippen molar-refractivity contribution in [3.05, 3.63) is 35.0 Å². The maximum Gasteiger partial charge on any atom is 0.223 e. The predicted octanol–water partition coefficient (Wildman–Crippen LogP) is 1.66. The first-order valence-electron chi connectivity index (χ1n) is 7.27. The number of hydrogen-bond donors (Lipinski definition) is 3. The molecule has 0 fully saturated rings. The van der Waals surface area contributed by atoms with E-state index in [1.165, 1.54) is 27.7 Å². The number of aryl methyl sites for hydroxylation is 2. The standard InChI is InChI=1S/C16H21N3O/c1-10-2-4-14-12(8-10)13-9-11(3-5-15(13)19-14)16(20)18-7-6-17/h2,4,8,11,19H,3,5-7,9,17H2,1H3,(H,18,20). The Hall–Kier alpha value is -1.81. The molecule has 1 amide bonds. The van der Waals surface area contributed by atoms with Crippen LogP contribution in [0.25, 0.3) is 10.9 Å². The lowest BCUT2D eigenvalue weighted by molar-refractivity contribution is -0.125. The van der Waals surface area contributed by atoms with E-state index in [1.54, 1.807) is 0 Å². The zero-order valence-electron chi connectivity index (χ0n) is 11.8. The van der Waals surface area contributed by atoms with Crippen molar-refractivity contribution < 1.29 is 4.79 Å². The molecule has 1 aromatic carbocycles. The van der Waals surface area contributed by atoms with Gasteiger partial charge in [0.15, 0.2) is 0 Å². The number of aromatic amines is 1. The molecule has 2 aromatic rings. The lowest BCUT2D eigenvalue weighted by Gasteiger charge is -2.21. The maximum absolute atomic E-state index is 12.1. The Balaban J connectivity index is 1.88. The smallest absolute Gasteiger partial charge is 0.223 e. The maximum atomic E-state index is 12.1. The van der Waals surface area contributed by atoms with Gasteiger partial charge in [-0.25, -0.2) is 0 Å². The molecule has 1 atom stereocenters. The summed E-state index contributed by atoms with van der Waals surface area (Å²) >= 11 is 0. The number of benzene rings is 1. The lowest BCUT2D eigenvalue weighted by atomic mass is 9.85. The number of fused-ring (bicyclic) bond motifs is 3. The highest BCUT2D eigenvalue weighted by atomic mass is 16.1. The number of nitrogens with two attached hydrogens (primary N) is 1. The molecule has 0 bridgehead atoms. The summed E-state index contributed by atoms with van der Waals surface area (Å²) in [7, 11) is 0. The van der Waals surface area contributed by atoms with Crippen LogP contribution in [0.3, 0.4) is 0 Å². The first-order valence-corrected chi connectivity index (χ1v) is 7.27. The third-order valence-electron chi connectivity index (χ3n) is 4.16. The zero-order valence-corrected chi connectivity index (χ0v) is 11.8. The Kier molecular flexibility index (Phi) is 3.49. The molecule has 4 nitrogen and oxygen atoms in total. The van der Waals surface area contributed by atoms with Crippen LogP contribution in [0.15, 0.2) is 18.2 Å². The molecule has 1 heterocycles. The molecular weight excluding hydrogens is 250 g/mol. The largest absolute Gasteiger partial charge is 0.358 e. The van der Waals surface area contributed by atoms with Crippen molar-refractivity contribution >= 4 is 16.8 Å². The molecule has 4 heteroatoms. The molecule has 1 aliphatic rings. The van der Waals surface area contributed by atoms with Gasteiger partial charge >= 0.3 is 0 Å². The third-order valence-corrected chi connectivity index (χ3v) is 4.16.